The number of carbonyl (C=O) groups is 1. The molecule has 0 aromatic carbocycles. The molecule has 0 unspecified atom stereocenters. The van der Waals surface area contributed by atoms with Crippen molar-refractivity contribution in [3.8, 4) is 0 Å². The van der Waals surface area contributed by atoms with Gasteiger partial charge in [0.25, 0.3) is 5.91 Å². The minimum absolute atomic E-state index is 0.0762. The molecule has 8 heteroatoms. The van der Waals surface area contributed by atoms with Gasteiger partial charge in [0.2, 0.25) is 4.96 Å². The predicted octanol–water partition coefficient (Wildman–Crippen LogP) is 1.49. The average molecular weight is 279 g/mol. The van der Waals surface area contributed by atoms with Crippen LogP contribution in [-0.2, 0) is 6.54 Å². The van der Waals surface area contributed by atoms with Gasteiger partial charge in [-0.25, -0.2) is 0 Å². The van der Waals surface area contributed by atoms with Crippen LogP contribution in [0, 0.1) is 6.92 Å². The molecule has 0 saturated carbocycles. The Morgan fingerprint density at radius 2 is 2.39 bits per heavy atom. The molecule has 0 radical (unpaired) electrons. The van der Waals surface area contributed by atoms with Crippen molar-refractivity contribution in [1.82, 2.24) is 25.1 Å². The summed E-state index contributed by atoms with van der Waals surface area (Å²) in [6.07, 6.45) is 0. The molecule has 92 valence electrons. The Morgan fingerprint density at radius 1 is 1.50 bits per heavy atom. The van der Waals surface area contributed by atoms with E-state index in [4.69, 9.17) is 0 Å². The number of carbonyl (C=O) groups excluding carboxylic acids is 1. The monoisotopic (exact) mass is 279 g/mol. The Labute approximate surface area is 110 Å². The number of nitrogens with zero attached hydrogens (tertiary/aromatic N) is 4. The number of fused-ring (bicyclic) bond motifs is 1. The maximum Gasteiger partial charge on any atom is 0.261 e. The van der Waals surface area contributed by atoms with Crippen LogP contribution in [0.15, 0.2) is 17.5 Å². The summed E-state index contributed by atoms with van der Waals surface area (Å²) in [5.41, 5.74) is 0. The number of rotatable bonds is 3. The molecule has 0 saturated heterocycles. The van der Waals surface area contributed by atoms with E-state index in [0.29, 0.717) is 11.4 Å². The highest BCUT2D eigenvalue weighted by atomic mass is 32.1. The predicted molar refractivity (Wildman–Crippen MR) is 68.9 cm³/mol. The van der Waals surface area contributed by atoms with Crippen LogP contribution in [0.2, 0.25) is 0 Å². The Hall–Kier alpha value is -1.80. The average Bonchev–Trinajstić information content (AvgIpc) is 3.05. The third-order valence-electron chi connectivity index (χ3n) is 2.33. The van der Waals surface area contributed by atoms with Crippen molar-refractivity contribution in [2.75, 3.05) is 0 Å². The van der Waals surface area contributed by atoms with E-state index in [2.05, 4.69) is 20.6 Å². The molecule has 0 atom stereocenters. The van der Waals surface area contributed by atoms with E-state index in [1.54, 1.807) is 10.6 Å². The lowest BCUT2D eigenvalue weighted by Gasteiger charge is -1.99. The van der Waals surface area contributed by atoms with Crippen molar-refractivity contribution in [3.63, 3.8) is 0 Å². The Morgan fingerprint density at radius 3 is 3.11 bits per heavy atom. The first-order valence-corrected chi connectivity index (χ1v) is 6.93. The van der Waals surface area contributed by atoms with E-state index in [9.17, 15) is 4.79 Å². The molecule has 0 spiro atoms. The second-order valence-electron chi connectivity index (χ2n) is 3.60. The number of amides is 1. The van der Waals surface area contributed by atoms with Crippen LogP contribution in [0.3, 0.4) is 0 Å². The molecule has 0 aliphatic rings. The summed E-state index contributed by atoms with van der Waals surface area (Å²) in [6, 6.07) is 3.65. The Kier molecular flexibility index (Phi) is 2.80. The van der Waals surface area contributed by atoms with Crippen LogP contribution < -0.4 is 5.32 Å². The molecule has 0 fully saturated rings. The number of thiophene rings is 1. The van der Waals surface area contributed by atoms with Crippen LogP contribution in [-0.4, -0.2) is 25.7 Å². The van der Waals surface area contributed by atoms with Gasteiger partial charge in [0, 0.05) is 0 Å². The second kappa shape index (κ2) is 4.46. The zero-order valence-electron chi connectivity index (χ0n) is 9.45. The van der Waals surface area contributed by atoms with E-state index >= 15 is 0 Å². The van der Waals surface area contributed by atoms with Crippen LogP contribution in [0.25, 0.3) is 4.96 Å². The SMILES string of the molecule is Cc1nnc2sc(CNC(=O)c3cccs3)nn12. The lowest BCUT2D eigenvalue weighted by molar-refractivity contribution is 0.0955. The summed E-state index contributed by atoms with van der Waals surface area (Å²) in [4.78, 5) is 13.2. The van der Waals surface area contributed by atoms with Gasteiger partial charge in [-0.3, -0.25) is 4.79 Å². The fourth-order valence-corrected chi connectivity index (χ4v) is 2.94. The van der Waals surface area contributed by atoms with Crippen molar-refractivity contribution >= 4 is 33.5 Å². The first-order valence-electron chi connectivity index (χ1n) is 5.23. The van der Waals surface area contributed by atoms with Crippen molar-refractivity contribution in [2.45, 2.75) is 13.5 Å². The highest BCUT2D eigenvalue weighted by molar-refractivity contribution is 7.16. The summed E-state index contributed by atoms with van der Waals surface area (Å²) < 4.78 is 1.68. The summed E-state index contributed by atoms with van der Waals surface area (Å²) in [7, 11) is 0. The third kappa shape index (κ3) is 2.00. The van der Waals surface area contributed by atoms with E-state index in [-0.39, 0.29) is 5.91 Å². The standard InChI is InChI=1S/C10H9N5OS2/c1-6-12-13-10-15(6)14-8(18-10)5-11-9(16)7-3-2-4-17-7/h2-4H,5H2,1H3,(H,11,16). The lowest BCUT2D eigenvalue weighted by atomic mass is 10.4. The van der Waals surface area contributed by atoms with Gasteiger partial charge < -0.3 is 5.32 Å². The normalized spacial score (nSPS) is 10.9. The molecule has 0 bridgehead atoms. The molecule has 3 aromatic rings. The maximum absolute atomic E-state index is 11.7. The van der Waals surface area contributed by atoms with Crippen LogP contribution in [0.4, 0.5) is 0 Å². The van der Waals surface area contributed by atoms with Gasteiger partial charge in [0.1, 0.15) is 5.01 Å². The van der Waals surface area contributed by atoms with E-state index < -0.39 is 0 Å². The van der Waals surface area contributed by atoms with E-state index in [0.717, 1.165) is 15.8 Å². The number of aryl methyl sites for hydroxylation is 1. The smallest absolute Gasteiger partial charge is 0.261 e. The van der Waals surface area contributed by atoms with Crippen molar-refractivity contribution in [3.05, 3.63) is 33.2 Å². The molecular weight excluding hydrogens is 270 g/mol. The van der Waals surface area contributed by atoms with Crippen LogP contribution in [0.5, 0.6) is 0 Å². The lowest BCUT2D eigenvalue weighted by Crippen LogP contribution is -2.21. The Balaban J connectivity index is 1.71. The first-order chi connectivity index (χ1) is 8.74. The molecule has 1 amide bonds. The quantitative estimate of drug-likeness (QED) is 0.788. The molecule has 3 heterocycles. The zero-order chi connectivity index (χ0) is 12.5. The minimum atomic E-state index is -0.0762. The van der Waals surface area contributed by atoms with Gasteiger partial charge in [-0.05, 0) is 18.4 Å². The van der Waals surface area contributed by atoms with Gasteiger partial charge in [0.15, 0.2) is 5.82 Å². The van der Waals surface area contributed by atoms with Gasteiger partial charge in [-0.1, -0.05) is 17.4 Å². The fourth-order valence-electron chi connectivity index (χ4n) is 1.48. The summed E-state index contributed by atoms with van der Waals surface area (Å²) in [5.74, 6) is 0.671. The molecule has 18 heavy (non-hydrogen) atoms. The molecule has 6 nitrogen and oxygen atoms in total. The molecule has 3 aromatic heterocycles. The molecule has 0 aliphatic heterocycles. The highest BCUT2D eigenvalue weighted by Crippen LogP contribution is 2.14. The highest BCUT2D eigenvalue weighted by Gasteiger charge is 2.10. The maximum atomic E-state index is 11.7. The summed E-state index contributed by atoms with van der Waals surface area (Å²) in [6.45, 7) is 2.25. The van der Waals surface area contributed by atoms with Crippen molar-refractivity contribution < 1.29 is 4.79 Å². The number of hydrogen-bond acceptors (Lipinski definition) is 6. The van der Waals surface area contributed by atoms with Crippen LogP contribution >= 0.6 is 22.7 Å². The van der Waals surface area contributed by atoms with Gasteiger partial charge in [-0.2, -0.15) is 9.61 Å². The number of hydrogen-bond donors (Lipinski definition) is 1. The minimum Gasteiger partial charge on any atom is -0.345 e. The van der Waals surface area contributed by atoms with Gasteiger partial charge in [0.05, 0.1) is 11.4 Å². The van der Waals surface area contributed by atoms with E-state index in [1.165, 1.54) is 22.7 Å². The van der Waals surface area contributed by atoms with Gasteiger partial charge in [-0.15, -0.1) is 21.5 Å². The van der Waals surface area contributed by atoms with E-state index in [1.807, 2.05) is 18.4 Å². The number of nitrogens with one attached hydrogen (secondary N) is 1. The molecule has 1 N–H and O–H groups in total. The first kappa shape index (κ1) is 11.3. The van der Waals surface area contributed by atoms with Gasteiger partial charge >= 0.3 is 0 Å². The van der Waals surface area contributed by atoms with Crippen molar-refractivity contribution in [2.24, 2.45) is 0 Å². The second-order valence-corrected chi connectivity index (χ2v) is 5.59. The topological polar surface area (TPSA) is 72.2 Å². The van der Waals surface area contributed by atoms with Crippen molar-refractivity contribution in [1.29, 1.82) is 0 Å². The molecule has 0 aliphatic carbocycles. The molecule has 3 rings (SSSR count). The Bertz CT molecular complexity index is 684. The summed E-state index contributed by atoms with van der Waals surface area (Å²) in [5, 5.41) is 17.7. The summed E-state index contributed by atoms with van der Waals surface area (Å²) >= 11 is 2.84. The third-order valence-corrected chi connectivity index (χ3v) is 4.10. The van der Waals surface area contributed by atoms with Crippen LogP contribution in [0.1, 0.15) is 20.5 Å². The fraction of sp³-hybridized carbons (Fsp3) is 0.200. The largest absolute Gasteiger partial charge is 0.345 e. The molecular formula is C10H9N5OS2. The number of aromatic nitrogens is 4. The zero-order valence-corrected chi connectivity index (χ0v) is 11.1.